The molecular weight excluding hydrogens is 210 g/mol. The van der Waals surface area contributed by atoms with E-state index in [-0.39, 0.29) is 11.9 Å². The van der Waals surface area contributed by atoms with Crippen molar-refractivity contribution >= 4 is 23.2 Å². The number of para-hydroxylation sites is 1. The average Bonchev–Trinajstić information content (AvgIpc) is 2.54. The summed E-state index contributed by atoms with van der Waals surface area (Å²) in [4.78, 5) is 13.7. The lowest BCUT2D eigenvalue weighted by molar-refractivity contribution is -0.118. The quantitative estimate of drug-likeness (QED) is 0.706. The number of amides is 1. The molecule has 1 aromatic rings. The molecule has 1 unspecified atom stereocenters. The van der Waals surface area contributed by atoms with Gasteiger partial charge in [-0.3, -0.25) is 4.79 Å². The van der Waals surface area contributed by atoms with Gasteiger partial charge < -0.3 is 4.90 Å². The number of fused-ring (bicyclic) bond motifs is 1. The molecule has 0 saturated heterocycles. The molecule has 1 aliphatic heterocycles. The van der Waals surface area contributed by atoms with Crippen molar-refractivity contribution in [1.29, 1.82) is 0 Å². The van der Waals surface area contributed by atoms with E-state index in [0.717, 1.165) is 12.1 Å². The highest BCUT2D eigenvalue weighted by Crippen LogP contribution is 2.32. The Kier molecular flexibility index (Phi) is 2.96. The fourth-order valence-electron chi connectivity index (χ4n) is 2.15. The molecule has 0 saturated carbocycles. The largest absolute Gasteiger partial charge is 0.309 e. The van der Waals surface area contributed by atoms with E-state index in [1.165, 1.54) is 5.56 Å². The van der Waals surface area contributed by atoms with Crippen LogP contribution in [0.1, 0.15) is 18.9 Å². The van der Waals surface area contributed by atoms with Crippen molar-refractivity contribution in [2.75, 3.05) is 10.8 Å². The van der Waals surface area contributed by atoms with Crippen LogP contribution in [0.25, 0.3) is 0 Å². The second kappa shape index (κ2) is 4.23. The van der Waals surface area contributed by atoms with Crippen molar-refractivity contribution < 1.29 is 4.79 Å². The Morgan fingerprint density at radius 2 is 2.27 bits per heavy atom. The molecule has 0 aliphatic carbocycles. The van der Waals surface area contributed by atoms with Gasteiger partial charge in [0.1, 0.15) is 0 Å². The van der Waals surface area contributed by atoms with Crippen LogP contribution in [0.3, 0.4) is 0 Å². The van der Waals surface area contributed by atoms with Crippen LogP contribution >= 0.6 is 11.6 Å². The number of benzene rings is 1. The molecule has 80 valence electrons. The second-order valence-electron chi connectivity index (χ2n) is 3.88. The van der Waals surface area contributed by atoms with Crippen molar-refractivity contribution in [3.05, 3.63) is 29.8 Å². The summed E-state index contributed by atoms with van der Waals surface area (Å²) in [6.45, 7) is 2.08. The number of hydrogen-bond acceptors (Lipinski definition) is 1. The maximum Gasteiger partial charge on any atom is 0.228 e. The molecular formula is C12H14ClNO. The minimum Gasteiger partial charge on any atom is -0.309 e. The lowest BCUT2D eigenvalue weighted by Crippen LogP contribution is -2.35. The van der Waals surface area contributed by atoms with Gasteiger partial charge in [-0.1, -0.05) is 18.2 Å². The smallest absolute Gasteiger partial charge is 0.228 e. The molecule has 0 fully saturated rings. The first-order valence-corrected chi connectivity index (χ1v) is 5.73. The van der Waals surface area contributed by atoms with Crippen molar-refractivity contribution in [3.8, 4) is 0 Å². The summed E-state index contributed by atoms with van der Waals surface area (Å²) in [7, 11) is 0. The predicted molar refractivity (Wildman–Crippen MR) is 62.4 cm³/mol. The number of halogens is 1. The maximum atomic E-state index is 11.9. The van der Waals surface area contributed by atoms with Gasteiger partial charge in [-0.15, -0.1) is 11.6 Å². The van der Waals surface area contributed by atoms with Gasteiger partial charge in [0.2, 0.25) is 5.91 Å². The summed E-state index contributed by atoms with van der Waals surface area (Å²) in [5, 5.41) is 0. The van der Waals surface area contributed by atoms with Crippen LogP contribution in [0.5, 0.6) is 0 Å². The summed E-state index contributed by atoms with van der Waals surface area (Å²) < 4.78 is 0. The van der Waals surface area contributed by atoms with Crippen molar-refractivity contribution in [2.24, 2.45) is 0 Å². The van der Waals surface area contributed by atoms with Crippen LogP contribution in [0.4, 0.5) is 5.69 Å². The third-order valence-corrected chi connectivity index (χ3v) is 2.97. The Hall–Kier alpha value is -1.02. The van der Waals surface area contributed by atoms with Crippen LogP contribution < -0.4 is 4.90 Å². The van der Waals surface area contributed by atoms with E-state index >= 15 is 0 Å². The van der Waals surface area contributed by atoms with Gasteiger partial charge in [0.25, 0.3) is 0 Å². The molecule has 1 amide bonds. The van der Waals surface area contributed by atoms with E-state index in [1.807, 2.05) is 23.1 Å². The highest BCUT2D eigenvalue weighted by Gasteiger charge is 2.29. The van der Waals surface area contributed by atoms with Crippen LogP contribution in [-0.4, -0.2) is 17.8 Å². The van der Waals surface area contributed by atoms with Gasteiger partial charge in [0.15, 0.2) is 0 Å². The summed E-state index contributed by atoms with van der Waals surface area (Å²) >= 11 is 5.60. The highest BCUT2D eigenvalue weighted by atomic mass is 35.5. The predicted octanol–water partition coefficient (Wildman–Crippen LogP) is 2.59. The Balaban J connectivity index is 2.29. The number of hydrogen-bond donors (Lipinski definition) is 0. The van der Waals surface area contributed by atoms with E-state index in [1.54, 1.807) is 0 Å². The zero-order chi connectivity index (χ0) is 10.8. The first kappa shape index (κ1) is 10.5. The van der Waals surface area contributed by atoms with E-state index in [0.29, 0.717) is 12.3 Å². The van der Waals surface area contributed by atoms with Crippen molar-refractivity contribution in [1.82, 2.24) is 0 Å². The molecule has 1 atom stereocenters. The fraction of sp³-hybridized carbons (Fsp3) is 0.417. The van der Waals surface area contributed by atoms with E-state index in [4.69, 9.17) is 11.6 Å². The molecule has 0 spiro atoms. The van der Waals surface area contributed by atoms with Crippen molar-refractivity contribution in [2.45, 2.75) is 25.8 Å². The molecule has 1 heterocycles. The molecule has 3 heteroatoms. The first-order chi connectivity index (χ1) is 7.24. The third kappa shape index (κ3) is 1.86. The van der Waals surface area contributed by atoms with Crippen LogP contribution in [-0.2, 0) is 11.2 Å². The second-order valence-corrected chi connectivity index (χ2v) is 4.26. The van der Waals surface area contributed by atoms with Crippen LogP contribution in [0.15, 0.2) is 24.3 Å². The van der Waals surface area contributed by atoms with E-state index in [9.17, 15) is 4.79 Å². The van der Waals surface area contributed by atoms with E-state index in [2.05, 4.69) is 13.0 Å². The number of nitrogens with zero attached hydrogens (tertiary/aromatic N) is 1. The van der Waals surface area contributed by atoms with E-state index < -0.39 is 0 Å². The number of carbonyl (C=O) groups is 1. The zero-order valence-electron chi connectivity index (χ0n) is 8.74. The van der Waals surface area contributed by atoms with Gasteiger partial charge in [-0.05, 0) is 25.0 Å². The lowest BCUT2D eigenvalue weighted by atomic mass is 10.1. The molecule has 0 N–H and O–H groups in total. The van der Waals surface area contributed by atoms with Gasteiger partial charge in [0, 0.05) is 24.0 Å². The van der Waals surface area contributed by atoms with Crippen molar-refractivity contribution in [3.63, 3.8) is 0 Å². The minimum absolute atomic E-state index is 0.127. The summed E-state index contributed by atoms with van der Waals surface area (Å²) in [5.41, 5.74) is 2.31. The average molecular weight is 224 g/mol. The summed E-state index contributed by atoms with van der Waals surface area (Å²) in [6, 6.07) is 8.34. The topological polar surface area (TPSA) is 20.3 Å². The molecule has 2 rings (SSSR count). The molecule has 0 aromatic heterocycles. The molecule has 0 radical (unpaired) electrons. The number of carbonyl (C=O) groups excluding carboxylic acids is 1. The van der Waals surface area contributed by atoms with Gasteiger partial charge in [-0.25, -0.2) is 0 Å². The lowest BCUT2D eigenvalue weighted by Gasteiger charge is -2.22. The standard InChI is InChI=1S/C12H14ClNO/c1-9-8-10-4-2-3-5-11(10)14(9)12(15)6-7-13/h2-5,9H,6-8H2,1H3. The molecule has 1 aliphatic rings. The normalized spacial score (nSPS) is 19.1. The molecule has 0 bridgehead atoms. The Morgan fingerprint density at radius 1 is 1.53 bits per heavy atom. The molecule has 1 aromatic carbocycles. The zero-order valence-corrected chi connectivity index (χ0v) is 9.50. The van der Waals surface area contributed by atoms with Gasteiger partial charge in [0.05, 0.1) is 0 Å². The first-order valence-electron chi connectivity index (χ1n) is 5.20. The van der Waals surface area contributed by atoms with Crippen LogP contribution in [0, 0.1) is 0 Å². The summed E-state index contributed by atoms with van der Waals surface area (Å²) in [5.74, 6) is 0.520. The molecule has 15 heavy (non-hydrogen) atoms. The Morgan fingerprint density at radius 3 is 3.00 bits per heavy atom. The highest BCUT2D eigenvalue weighted by molar-refractivity contribution is 6.19. The monoisotopic (exact) mass is 223 g/mol. The SMILES string of the molecule is CC1Cc2ccccc2N1C(=O)CCCl. The summed E-state index contributed by atoms with van der Waals surface area (Å²) in [6.07, 6.45) is 1.37. The third-order valence-electron chi connectivity index (χ3n) is 2.78. The van der Waals surface area contributed by atoms with Gasteiger partial charge >= 0.3 is 0 Å². The fourth-order valence-corrected chi connectivity index (χ4v) is 2.31. The Labute approximate surface area is 94.8 Å². The maximum absolute atomic E-state index is 11.9. The molecule has 2 nitrogen and oxygen atoms in total. The van der Waals surface area contributed by atoms with Gasteiger partial charge in [-0.2, -0.15) is 0 Å². The number of anilines is 1. The van der Waals surface area contributed by atoms with Crippen LogP contribution in [0.2, 0.25) is 0 Å². The minimum atomic E-state index is 0.127. The number of alkyl halides is 1. The number of rotatable bonds is 2. The Bertz CT molecular complexity index is 378.